The second-order valence-electron chi connectivity index (χ2n) is 8.99. The van der Waals surface area contributed by atoms with E-state index in [1.807, 2.05) is 0 Å². The number of nitrogens with zero attached hydrogens (tertiary/aromatic N) is 1. The zero-order valence-corrected chi connectivity index (χ0v) is 17.7. The Balaban J connectivity index is 1.84. The van der Waals surface area contributed by atoms with Crippen LogP contribution in [-0.4, -0.2) is 7.05 Å². The van der Waals surface area contributed by atoms with Gasteiger partial charge in [0.2, 0.25) is 0 Å². The Bertz CT molecular complexity index is 1130. The van der Waals surface area contributed by atoms with Gasteiger partial charge in [-0.25, -0.2) is 0 Å². The Morgan fingerprint density at radius 2 is 1.39 bits per heavy atom. The van der Waals surface area contributed by atoms with Crippen LogP contribution in [0.4, 0.5) is 11.4 Å². The lowest BCUT2D eigenvalue weighted by molar-refractivity contribution is 0.590. The second-order valence-corrected chi connectivity index (χ2v) is 8.99. The summed E-state index contributed by atoms with van der Waals surface area (Å²) in [6, 6.07) is 21.7. The third-order valence-corrected chi connectivity index (χ3v) is 5.64. The fourth-order valence-electron chi connectivity index (χ4n) is 3.87. The molecule has 0 N–H and O–H groups in total. The van der Waals surface area contributed by atoms with Crippen molar-refractivity contribution in [1.82, 2.24) is 0 Å². The van der Waals surface area contributed by atoms with E-state index in [2.05, 4.69) is 107 Å². The first-order valence-corrected chi connectivity index (χ1v) is 10.1. The van der Waals surface area contributed by atoms with Crippen molar-refractivity contribution in [3.05, 3.63) is 71.8 Å². The van der Waals surface area contributed by atoms with Gasteiger partial charge in [-0.2, -0.15) is 0 Å². The van der Waals surface area contributed by atoms with Crippen LogP contribution in [0.25, 0.3) is 21.9 Å². The number of para-hydroxylation sites is 2. The van der Waals surface area contributed by atoms with Gasteiger partial charge >= 0.3 is 0 Å². The normalized spacial score (nSPS) is 12.2. The van der Waals surface area contributed by atoms with Crippen LogP contribution < -0.4 is 4.90 Å². The molecule has 1 heterocycles. The van der Waals surface area contributed by atoms with E-state index in [0.29, 0.717) is 5.92 Å². The van der Waals surface area contributed by atoms with Crippen molar-refractivity contribution < 1.29 is 4.42 Å². The maximum Gasteiger partial charge on any atom is 0.159 e. The van der Waals surface area contributed by atoms with E-state index in [0.717, 1.165) is 22.5 Å². The van der Waals surface area contributed by atoms with E-state index in [-0.39, 0.29) is 5.41 Å². The van der Waals surface area contributed by atoms with Crippen molar-refractivity contribution in [2.45, 2.75) is 46.0 Å². The van der Waals surface area contributed by atoms with E-state index in [9.17, 15) is 0 Å². The highest BCUT2D eigenvalue weighted by molar-refractivity contribution is 6.10. The maximum absolute atomic E-state index is 6.45. The molecular weight excluding hydrogens is 342 g/mol. The smallest absolute Gasteiger partial charge is 0.159 e. The molecule has 0 saturated heterocycles. The van der Waals surface area contributed by atoms with Gasteiger partial charge in [0, 0.05) is 23.5 Å². The summed E-state index contributed by atoms with van der Waals surface area (Å²) in [6.07, 6.45) is 0. The third kappa shape index (κ3) is 3.07. The first-order chi connectivity index (χ1) is 13.3. The molecule has 0 atom stereocenters. The molecule has 0 spiro atoms. The van der Waals surface area contributed by atoms with Crippen molar-refractivity contribution >= 4 is 33.3 Å². The highest BCUT2D eigenvalue weighted by Crippen LogP contribution is 2.39. The molecule has 0 fully saturated rings. The molecule has 0 saturated carbocycles. The Morgan fingerprint density at radius 1 is 0.786 bits per heavy atom. The number of hydrogen-bond donors (Lipinski definition) is 0. The molecule has 0 aliphatic carbocycles. The number of anilines is 2. The quantitative estimate of drug-likeness (QED) is 0.365. The van der Waals surface area contributed by atoms with Gasteiger partial charge in [-0.1, -0.05) is 77.1 Å². The summed E-state index contributed by atoms with van der Waals surface area (Å²) in [5.74, 6) is 0.426. The molecule has 4 aromatic rings. The van der Waals surface area contributed by atoms with Crippen LogP contribution >= 0.6 is 0 Å². The van der Waals surface area contributed by atoms with Crippen LogP contribution in [0.1, 0.15) is 51.7 Å². The summed E-state index contributed by atoms with van der Waals surface area (Å²) in [4.78, 5) is 2.21. The van der Waals surface area contributed by atoms with E-state index < -0.39 is 0 Å². The number of furan rings is 1. The largest absolute Gasteiger partial charge is 0.454 e. The molecular formula is C26H29NO. The minimum absolute atomic E-state index is 0.156. The summed E-state index contributed by atoms with van der Waals surface area (Å²) >= 11 is 0. The molecule has 3 aromatic carbocycles. The predicted molar refractivity (Wildman–Crippen MR) is 121 cm³/mol. The zero-order chi connectivity index (χ0) is 20.1. The highest BCUT2D eigenvalue weighted by Gasteiger charge is 2.18. The number of hydrogen-bond acceptors (Lipinski definition) is 2. The fraction of sp³-hybridized carbons (Fsp3) is 0.308. The van der Waals surface area contributed by atoms with Gasteiger partial charge in [0.15, 0.2) is 5.58 Å². The van der Waals surface area contributed by atoms with E-state index in [1.165, 1.54) is 21.9 Å². The average molecular weight is 372 g/mol. The summed E-state index contributed by atoms with van der Waals surface area (Å²) in [5, 5.41) is 2.37. The number of fused-ring (bicyclic) bond motifs is 3. The number of benzene rings is 3. The van der Waals surface area contributed by atoms with Gasteiger partial charge in [-0.3, -0.25) is 0 Å². The highest BCUT2D eigenvalue weighted by atomic mass is 16.3. The van der Waals surface area contributed by atoms with Crippen molar-refractivity contribution in [2.75, 3.05) is 11.9 Å². The van der Waals surface area contributed by atoms with Gasteiger partial charge in [0.25, 0.3) is 0 Å². The molecule has 0 aliphatic rings. The molecule has 28 heavy (non-hydrogen) atoms. The average Bonchev–Trinajstić information content (AvgIpc) is 3.05. The summed E-state index contributed by atoms with van der Waals surface area (Å²) in [7, 11) is 2.11. The van der Waals surface area contributed by atoms with Gasteiger partial charge in [0.05, 0.1) is 5.69 Å². The molecule has 0 unspecified atom stereocenters. The Hall–Kier alpha value is -2.74. The first-order valence-electron chi connectivity index (χ1n) is 10.1. The second kappa shape index (κ2) is 6.70. The molecule has 144 valence electrons. The SMILES string of the molecule is CC(C)c1cccc2c1oc1c(N(C)c3ccc(C(C)(C)C)cc3)cccc12. The molecule has 0 radical (unpaired) electrons. The number of rotatable bonds is 3. The van der Waals surface area contributed by atoms with Crippen LogP contribution in [0.2, 0.25) is 0 Å². The summed E-state index contributed by atoms with van der Waals surface area (Å²) < 4.78 is 6.45. The van der Waals surface area contributed by atoms with Gasteiger partial charge in [0.1, 0.15) is 5.58 Å². The van der Waals surface area contributed by atoms with Crippen molar-refractivity contribution in [3.8, 4) is 0 Å². The Labute approximate surface area is 167 Å². The predicted octanol–water partition coefficient (Wildman–Crippen LogP) is 7.77. The minimum Gasteiger partial charge on any atom is -0.454 e. The topological polar surface area (TPSA) is 16.4 Å². The van der Waals surface area contributed by atoms with Crippen molar-refractivity contribution in [1.29, 1.82) is 0 Å². The van der Waals surface area contributed by atoms with Crippen LogP contribution in [0.5, 0.6) is 0 Å². The van der Waals surface area contributed by atoms with E-state index in [4.69, 9.17) is 4.42 Å². The van der Waals surface area contributed by atoms with E-state index >= 15 is 0 Å². The van der Waals surface area contributed by atoms with Crippen molar-refractivity contribution in [2.24, 2.45) is 0 Å². The molecule has 2 heteroatoms. The molecule has 0 amide bonds. The monoisotopic (exact) mass is 371 g/mol. The molecule has 4 rings (SSSR count). The lowest BCUT2D eigenvalue weighted by Gasteiger charge is -2.23. The Kier molecular flexibility index (Phi) is 4.45. The summed E-state index contributed by atoms with van der Waals surface area (Å²) in [5.41, 5.74) is 6.97. The molecule has 1 aromatic heterocycles. The fourth-order valence-corrected chi connectivity index (χ4v) is 3.87. The molecule has 2 nitrogen and oxygen atoms in total. The van der Waals surface area contributed by atoms with Gasteiger partial charge in [-0.05, 0) is 40.7 Å². The zero-order valence-electron chi connectivity index (χ0n) is 17.7. The van der Waals surface area contributed by atoms with Crippen LogP contribution in [0.3, 0.4) is 0 Å². The third-order valence-electron chi connectivity index (χ3n) is 5.64. The van der Waals surface area contributed by atoms with Crippen LogP contribution in [0, 0.1) is 0 Å². The summed E-state index contributed by atoms with van der Waals surface area (Å²) in [6.45, 7) is 11.2. The molecule has 0 bridgehead atoms. The molecule has 0 aliphatic heterocycles. The van der Waals surface area contributed by atoms with Crippen LogP contribution in [0.15, 0.2) is 65.1 Å². The lowest BCUT2D eigenvalue weighted by Crippen LogP contribution is -2.13. The van der Waals surface area contributed by atoms with E-state index in [1.54, 1.807) is 0 Å². The minimum atomic E-state index is 0.156. The van der Waals surface area contributed by atoms with Gasteiger partial charge in [-0.15, -0.1) is 0 Å². The van der Waals surface area contributed by atoms with Crippen LogP contribution in [-0.2, 0) is 5.41 Å². The Morgan fingerprint density at radius 3 is 2.00 bits per heavy atom. The van der Waals surface area contributed by atoms with Crippen molar-refractivity contribution in [3.63, 3.8) is 0 Å². The van der Waals surface area contributed by atoms with Gasteiger partial charge < -0.3 is 9.32 Å². The standard InChI is InChI=1S/C26H29NO/c1-17(2)20-9-7-10-21-22-11-8-12-23(25(22)28-24(20)21)27(6)19-15-13-18(14-16-19)26(3,4)5/h7-17H,1-6H3. The lowest BCUT2D eigenvalue weighted by atomic mass is 9.87. The maximum atomic E-state index is 6.45. The first kappa shape index (κ1) is 18.6.